The van der Waals surface area contributed by atoms with Crippen molar-refractivity contribution in [3.63, 3.8) is 0 Å². The van der Waals surface area contributed by atoms with E-state index >= 15 is 0 Å². The molecule has 1 fully saturated rings. The number of methoxy groups -OCH3 is 1. The average Bonchev–Trinajstić information content (AvgIpc) is 2.68. The second-order valence-corrected chi connectivity index (χ2v) is 6.33. The Hall–Kier alpha value is -2.69. The topological polar surface area (TPSA) is 38.2 Å². The first kappa shape index (κ1) is 15.8. The molecule has 4 nitrogen and oxygen atoms in total. The van der Waals surface area contributed by atoms with Gasteiger partial charge in [0, 0.05) is 18.7 Å². The first-order valence-corrected chi connectivity index (χ1v) is 8.60. The molecule has 1 saturated heterocycles. The zero-order valence-corrected chi connectivity index (χ0v) is 14.2. The zero-order valence-electron chi connectivity index (χ0n) is 14.2. The molecule has 0 atom stereocenters. The van der Waals surface area contributed by atoms with E-state index in [1.54, 1.807) is 19.2 Å². The molecule has 5 heteroatoms. The third-order valence-corrected chi connectivity index (χ3v) is 4.69. The Balaban J connectivity index is 1.76. The van der Waals surface area contributed by atoms with Crippen LogP contribution in [0.25, 0.3) is 22.2 Å². The molecular formula is C20H20FN3O. The number of anilines is 1. The molecule has 1 aromatic heterocycles. The largest absolute Gasteiger partial charge is 0.497 e. The first-order valence-electron chi connectivity index (χ1n) is 8.60. The number of nitrogens with zero attached hydrogens (tertiary/aromatic N) is 3. The highest BCUT2D eigenvalue weighted by Crippen LogP contribution is 2.29. The molecule has 25 heavy (non-hydrogen) atoms. The van der Waals surface area contributed by atoms with Crippen LogP contribution in [-0.4, -0.2) is 30.2 Å². The lowest BCUT2D eigenvalue weighted by atomic mass is 10.0. The number of rotatable bonds is 3. The van der Waals surface area contributed by atoms with Gasteiger partial charge in [-0.25, -0.2) is 9.37 Å². The molecule has 0 amide bonds. The Labute approximate surface area is 146 Å². The van der Waals surface area contributed by atoms with Gasteiger partial charge in [0.05, 0.1) is 24.3 Å². The summed E-state index contributed by atoms with van der Waals surface area (Å²) >= 11 is 0. The summed E-state index contributed by atoms with van der Waals surface area (Å²) in [6, 6.07) is 10.4. The van der Waals surface area contributed by atoms with Gasteiger partial charge >= 0.3 is 0 Å². The number of benzene rings is 2. The van der Waals surface area contributed by atoms with E-state index in [1.807, 2.05) is 24.4 Å². The van der Waals surface area contributed by atoms with E-state index in [0.717, 1.165) is 35.5 Å². The van der Waals surface area contributed by atoms with Crippen LogP contribution in [0.15, 0.2) is 42.6 Å². The number of hydrogen-bond acceptors (Lipinski definition) is 4. The monoisotopic (exact) mass is 337 g/mol. The van der Waals surface area contributed by atoms with Gasteiger partial charge in [-0.3, -0.25) is 4.98 Å². The predicted octanol–water partition coefficient (Wildman–Crippen LogP) is 4.43. The molecule has 1 aliphatic rings. The number of ether oxygens (including phenoxy) is 1. The highest BCUT2D eigenvalue weighted by atomic mass is 19.1. The van der Waals surface area contributed by atoms with Crippen LogP contribution in [0, 0.1) is 5.82 Å². The van der Waals surface area contributed by atoms with Gasteiger partial charge in [-0.2, -0.15) is 0 Å². The molecule has 0 aliphatic carbocycles. The van der Waals surface area contributed by atoms with Crippen molar-refractivity contribution in [1.29, 1.82) is 0 Å². The maximum absolute atomic E-state index is 14.3. The summed E-state index contributed by atoms with van der Waals surface area (Å²) in [6.07, 6.45) is 5.49. The van der Waals surface area contributed by atoms with Crippen molar-refractivity contribution in [2.24, 2.45) is 0 Å². The number of fused-ring (bicyclic) bond motifs is 1. The maximum atomic E-state index is 14.3. The first-order chi connectivity index (χ1) is 12.2. The molecule has 0 spiro atoms. The van der Waals surface area contributed by atoms with Crippen molar-refractivity contribution < 1.29 is 9.13 Å². The van der Waals surface area contributed by atoms with E-state index in [0.29, 0.717) is 11.3 Å². The van der Waals surface area contributed by atoms with Crippen molar-refractivity contribution in [3.05, 3.63) is 48.4 Å². The van der Waals surface area contributed by atoms with Crippen LogP contribution in [0.5, 0.6) is 5.75 Å². The number of hydrogen-bond donors (Lipinski definition) is 0. The summed E-state index contributed by atoms with van der Waals surface area (Å²) in [5.74, 6) is 1.25. The zero-order chi connectivity index (χ0) is 17.2. The summed E-state index contributed by atoms with van der Waals surface area (Å²) in [5, 5.41) is 0. The Bertz CT molecular complexity index is 907. The quantitative estimate of drug-likeness (QED) is 0.708. The lowest BCUT2D eigenvalue weighted by Gasteiger charge is -2.27. The SMILES string of the molecule is COc1ccc(F)c(-c2ccc3ncc(N4CCCCC4)nc3c2)c1. The lowest BCUT2D eigenvalue weighted by molar-refractivity contribution is 0.414. The standard InChI is InChI=1S/C20H20FN3O/c1-25-15-6-7-17(21)16(12-15)14-5-8-18-19(11-14)23-20(13-22-18)24-9-3-2-4-10-24/h5-8,11-13H,2-4,9-10H2,1H3. The van der Waals surface area contributed by atoms with Crippen molar-refractivity contribution in [3.8, 4) is 16.9 Å². The Morgan fingerprint density at radius 3 is 2.64 bits per heavy atom. The minimum atomic E-state index is -0.278. The number of piperidine rings is 1. The van der Waals surface area contributed by atoms with Gasteiger partial charge in [-0.1, -0.05) is 6.07 Å². The lowest BCUT2D eigenvalue weighted by Crippen LogP contribution is -2.30. The van der Waals surface area contributed by atoms with E-state index in [2.05, 4.69) is 9.88 Å². The Kier molecular flexibility index (Phi) is 4.22. The molecule has 3 aromatic rings. The molecular weight excluding hydrogens is 317 g/mol. The predicted molar refractivity (Wildman–Crippen MR) is 97.5 cm³/mol. The van der Waals surface area contributed by atoms with Crippen LogP contribution in [0.4, 0.5) is 10.2 Å². The van der Waals surface area contributed by atoms with Gasteiger partial charge in [0.25, 0.3) is 0 Å². The van der Waals surface area contributed by atoms with E-state index in [4.69, 9.17) is 9.72 Å². The summed E-state index contributed by atoms with van der Waals surface area (Å²) in [6.45, 7) is 2.04. The van der Waals surface area contributed by atoms with Crippen LogP contribution >= 0.6 is 0 Å². The second-order valence-electron chi connectivity index (χ2n) is 6.33. The van der Waals surface area contributed by atoms with Crippen LogP contribution in [0.1, 0.15) is 19.3 Å². The second kappa shape index (κ2) is 6.67. The van der Waals surface area contributed by atoms with E-state index in [9.17, 15) is 4.39 Å². The molecule has 2 heterocycles. The fourth-order valence-electron chi connectivity index (χ4n) is 3.30. The molecule has 0 saturated carbocycles. The molecule has 0 unspecified atom stereocenters. The highest BCUT2D eigenvalue weighted by Gasteiger charge is 2.14. The summed E-state index contributed by atoms with van der Waals surface area (Å²) in [7, 11) is 1.58. The highest BCUT2D eigenvalue weighted by molar-refractivity contribution is 5.82. The number of halogens is 1. The normalized spacial score (nSPS) is 14.7. The molecule has 0 bridgehead atoms. The van der Waals surface area contributed by atoms with Gasteiger partial charge < -0.3 is 9.64 Å². The van der Waals surface area contributed by atoms with Crippen molar-refractivity contribution >= 4 is 16.9 Å². The van der Waals surface area contributed by atoms with Crippen molar-refractivity contribution in [1.82, 2.24) is 9.97 Å². The molecule has 2 aromatic carbocycles. The van der Waals surface area contributed by atoms with E-state index in [1.165, 1.54) is 25.3 Å². The molecule has 128 valence electrons. The molecule has 0 radical (unpaired) electrons. The number of aromatic nitrogens is 2. The Morgan fingerprint density at radius 2 is 1.84 bits per heavy atom. The van der Waals surface area contributed by atoms with Crippen molar-refractivity contribution in [2.75, 3.05) is 25.1 Å². The summed E-state index contributed by atoms with van der Waals surface area (Å²) in [5.41, 5.74) is 2.87. The average molecular weight is 337 g/mol. The van der Waals surface area contributed by atoms with Gasteiger partial charge in [-0.05, 0) is 55.2 Å². The summed E-state index contributed by atoms with van der Waals surface area (Å²) in [4.78, 5) is 11.6. The molecule has 4 rings (SSSR count). The van der Waals surface area contributed by atoms with Crippen LogP contribution in [0.2, 0.25) is 0 Å². The van der Waals surface area contributed by atoms with Crippen LogP contribution < -0.4 is 9.64 Å². The fraction of sp³-hybridized carbons (Fsp3) is 0.300. The van der Waals surface area contributed by atoms with E-state index in [-0.39, 0.29) is 5.82 Å². The third-order valence-electron chi connectivity index (χ3n) is 4.69. The maximum Gasteiger partial charge on any atom is 0.147 e. The van der Waals surface area contributed by atoms with Gasteiger partial charge in [-0.15, -0.1) is 0 Å². The Morgan fingerprint density at radius 1 is 1.00 bits per heavy atom. The fourth-order valence-corrected chi connectivity index (χ4v) is 3.30. The van der Waals surface area contributed by atoms with Gasteiger partial charge in [0.1, 0.15) is 17.4 Å². The van der Waals surface area contributed by atoms with Crippen molar-refractivity contribution in [2.45, 2.75) is 19.3 Å². The van der Waals surface area contributed by atoms with E-state index < -0.39 is 0 Å². The minimum Gasteiger partial charge on any atom is -0.497 e. The molecule has 1 aliphatic heterocycles. The summed E-state index contributed by atoms with van der Waals surface area (Å²) < 4.78 is 19.5. The third kappa shape index (κ3) is 3.14. The van der Waals surface area contributed by atoms with Gasteiger partial charge in [0.2, 0.25) is 0 Å². The van der Waals surface area contributed by atoms with Gasteiger partial charge in [0.15, 0.2) is 0 Å². The minimum absolute atomic E-state index is 0.278. The van der Waals surface area contributed by atoms with Crippen LogP contribution in [-0.2, 0) is 0 Å². The molecule has 0 N–H and O–H groups in total. The smallest absolute Gasteiger partial charge is 0.147 e. The van der Waals surface area contributed by atoms with Crippen LogP contribution in [0.3, 0.4) is 0 Å².